The Labute approximate surface area is 124 Å². The number of carbonyl (C=O) groups is 1. The van der Waals surface area contributed by atoms with Crippen molar-refractivity contribution in [1.29, 1.82) is 0 Å². The maximum absolute atomic E-state index is 12.2. The van der Waals surface area contributed by atoms with Gasteiger partial charge in [-0.05, 0) is 24.9 Å². The molecule has 2 aromatic rings. The van der Waals surface area contributed by atoms with E-state index in [2.05, 4.69) is 27.2 Å². The second-order valence-electron chi connectivity index (χ2n) is 4.37. The van der Waals surface area contributed by atoms with E-state index in [9.17, 15) is 4.79 Å². The Kier molecular flexibility index (Phi) is 3.31. The van der Waals surface area contributed by atoms with Gasteiger partial charge in [-0.25, -0.2) is 9.97 Å². The number of anilines is 3. The predicted octanol–water partition coefficient (Wildman–Crippen LogP) is 3.01. The number of amides is 1. The van der Waals surface area contributed by atoms with Gasteiger partial charge in [0.2, 0.25) is 5.28 Å². The zero-order chi connectivity index (χ0) is 14.3. The lowest BCUT2D eigenvalue weighted by molar-refractivity contribution is 0.102. The Morgan fingerprint density at radius 2 is 2.25 bits per heavy atom. The van der Waals surface area contributed by atoms with Crippen molar-refractivity contribution in [2.24, 2.45) is 0 Å². The Morgan fingerprint density at radius 3 is 3.00 bits per heavy atom. The minimum atomic E-state index is -0.241. The molecule has 0 saturated carbocycles. The smallest absolute Gasteiger partial charge is 0.277 e. The van der Waals surface area contributed by atoms with Crippen LogP contribution in [0.1, 0.15) is 28.8 Å². The molecule has 8 heteroatoms. The van der Waals surface area contributed by atoms with Gasteiger partial charge in [-0.3, -0.25) is 4.79 Å². The molecule has 0 saturated heterocycles. The summed E-state index contributed by atoms with van der Waals surface area (Å²) in [6.07, 6.45) is 2.43. The molecule has 20 heavy (non-hydrogen) atoms. The maximum atomic E-state index is 12.2. The number of rotatable bonds is 2. The van der Waals surface area contributed by atoms with E-state index in [1.165, 1.54) is 17.5 Å². The van der Waals surface area contributed by atoms with Gasteiger partial charge in [-0.15, -0.1) is 11.3 Å². The molecule has 0 bridgehead atoms. The zero-order valence-corrected chi connectivity index (χ0v) is 12.5. The molecule has 6 nitrogen and oxygen atoms in total. The first-order chi connectivity index (χ1) is 9.60. The number of hydrogen-bond acceptors (Lipinski definition) is 6. The summed E-state index contributed by atoms with van der Waals surface area (Å²) < 4.78 is 0. The van der Waals surface area contributed by atoms with Crippen LogP contribution in [-0.4, -0.2) is 27.4 Å². The molecule has 2 aromatic heterocycles. The quantitative estimate of drug-likeness (QED) is 0.863. The minimum absolute atomic E-state index is 0.156. The van der Waals surface area contributed by atoms with E-state index in [0.717, 1.165) is 23.0 Å². The van der Waals surface area contributed by atoms with E-state index in [-0.39, 0.29) is 11.2 Å². The molecule has 1 aliphatic heterocycles. The Morgan fingerprint density at radius 1 is 1.45 bits per heavy atom. The van der Waals surface area contributed by atoms with Crippen molar-refractivity contribution < 1.29 is 4.79 Å². The van der Waals surface area contributed by atoms with Crippen molar-refractivity contribution in [3.63, 3.8) is 0 Å². The van der Waals surface area contributed by atoms with Gasteiger partial charge in [0.1, 0.15) is 10.7 Å². The average molecular weight is 310 g/mol. The summed E-state index contributed by atoms with van der Waals surface area (Å²) in [5.74, 6) is 0.373. The number of hydrogen-bond donors (Lipinski definition) is 1. The average Bonchev–Trinajstić information content (AvgIpc) is 2.76. The largest absolute Gasteiger partial charge is 0.316 e. The number of thiazole rings is 1. The number of carbonyl (C=O) groups excluding carboxylic acids is 1. The highest BCUT2D eigenvalue weighted by atomic mass is 35.5. The van der Waals surface area contributed by atoms with Gasteiger partial charge in [-0.1, -0.05) is 6.92 Å². The van der Waals surface area contributed by atoms with Crippen LogP contribution in [0.4, 0.5) is 16.5 Å². The summed E-state index contributed by atoms with van der Waals surface area (Å²) in [6, 6.07) is 0. The number of halogens is 1. The summed E-state index contributed by atoms with van der Waals surface area (Å²) in [5.41, 5.74) is 0.978. The van der Waals surface area contributed by atoms with Crippen molar-refractivity contribution in [3.05, 3.63) is 22.2 Å². The third kappa shape index (κ3) is 2.12. The van der Waals surface area contributed by atoms with Gasteiger partial charge in [0.05, 0.1) is 11.2 Å². The van der Waals surface area contributed by atoms with E-state index in [1.807, 2.05) is 11.8 Å². The molecule has 0 spiro atoms. The fourth-order valence-corrected chi connectivity index (χ4v) is 3.17. The molecule has 0 unspecified atom stereocenters. The number of aryl methyl sites for hydroxylation is 1. The van der Waals surface area contributed by atoms with Crippen LogP contribution >= 0.6 is 22.9 Å². The number of nitrogens with one attached hydrogen (secondary N) is 1. The number of nitrogens with zero attached hydrogens (tertiary/aromatic N) is 4. The van der Waals surface area contributed by atoms with Crippen molar-refractivity contribution in [1.82, 2.24) is 15.0 Å². The normalized spacial score (nSPS) is 13.6. The second-order valence-corrected chi connectivity index (χ2v) is 5.89. The van der Waals surface area contributed by atoms with Crippen molar-refractivity contribution in [3.8, 4) is 0 Å². The van der Waals surface area contributed by atoms with Gasteiger partial charge in [0.15, 0.2) is 11.5 Å². The molecular formula is C12H12ClN5OS. The molecule has 0 aliphatic carbocycles. The fraction of sp³-hybridized carbons (Fsp3) is 0.333. The van der Waals surface area contributed by atoms with E-state index < -0.39 is 0 Å². The molecule has 0 aromatic carbocycles. The lowest BCUT2D eigenvalue weighted by Crippen LogP contribution is -2.19. The van der Waals surface area contributed by atoms with Crippen LogP contribution in [0.25, 0.3) is 0 Å². The van der Waals surface area contributed by atoms with Crippen molar-refractivity contribution in [2.75, 3.05) is 16.8 Å². The molecule has 1 N–H and O–H groups in total. The highest BCUT2D eigenvalue weighted by molar-refractivity contribution is 7.16. The van der Waals surface area contributed by atoms with Gasteiger partial charge in [-0.2, -0.15) is 4.98 Å². The predicted molar refractivity (Wildman–Crippen MR) is 79.1 cm³/mol. The number of aromatic nitrogens is 3. The first kappa shape index (κ1) is 13.3. The Bertz CT molecular complexity index is 686. The molecule has 0 fully saturated rings. The summed E-state index contributed by atoms with van der Waals surface area (Å²) in [6.45, 7) is 4.67. The molecule has 1 aliphatic rings. The molecule has 3 heterocycles. The molecular weight excluding hydrogens is 298 g/mol. The monoisotopic (exact) mass is 309 g/mol. The van der Waals surface area contributed by atoms with Gasteiger partial charge in [0.25, 0.3) is 5.91 Å². The first-order valence-corrected chi connectivity index (χ1v) is 7.38. The zero-order valence-electron chi connectivity index (χ0n) is 11.0. The van der Waals surface area contributed by atoms with Gasteiger partial charge >= 0.3 is 0 Å². The van der Waals surface area contributed by atoms with E-state index in [4.69, 9.17) is 11.6 Å². The van der Waals surface area contributed by atoms with Crippen LogP contribution in [0.2, 0.25) is 5.28 Å². The highest BCUT2D eigenvalue weighted by Crippen LogP contribution is 2.39. The van der Waals surface area contributed by atoms with Crippen LogP contribution in [0.5, 0.6) is 0 Å². The summed E-state index contributed by atoms with van der Waals surface area (Å²) in [7, 11) is 0. The number of fused-ring (bicyclic) bond motifs is 2. The third-order valence-electron chi connectivity index (χ3n) is 2.87. The summed E-state index contributed by atoms with van der Waals surface area (Å²) >= 11 is 7.37. The standard InChI is InChI=1S/C12H12ClN5OS/c1-3-4-18-9-7(5-14-12(13)17-9)16-10(19)8-11(18)20-6(2)15-8/h5H,3-4H2,1-2H3,(H,16,19). The second kappa shape index (κ2) is 4.99. The van der Waals surface area contributed by atoms with Gasteiger partial charge in [0, 0.05) is 6.54 Å². The molecule has 0 radical (unpaired) electrons. The van der Waals surface area contributed by atoms with Crippen molar-refractivity contribution >= 4 is 45.4 Å². The third-order valence-corrected chi connectivity index (χ3v) is 4.04. The first-order valence-electron chi connectivity index (χ1n) is 6.19. The van der Waals surface area contributed by atoms with Crippen LogP contribution in [-0.2, 0) is 0 Å². The lowest BCUT2D eigenvalue weighted by Gasteiger charge is -2.21. The molecule has 104 valence electrons. The SMILES string of the molecule is CCCN1c2nc(Cl)ncc2NC(=O)c2nc(C)sc21. The minimum Gasteiger partial charge on any atom is -0.316 e. The topological polar surface area (TPSA) is 71.0 Å². The van der Waals surface area contributed by atoms with Crippen LogP contribution in [0.15, 0.2) is 6.20 Å². The maximum Gasteiger partial charge on any atom is 0.277 e. The van der Waals surface area contributed by atoms with Crippen molar-refractivity contribution in [2.45, 2.75) is 20.3 Å². The summed E-state index contributed by atoms with van der Waals surface area (Å²) in [5, 5.41) is 4.59. The van der Waals surface area contributed by atoms with E-state index >= 15 is 0 Å². The van der Waals surface area contributed by atoms with E-state index in [0.29, 0.717) is 17.2 Å². The van der Waals surface area contributed by atoms with Crippen LogP contribution in [0, 0.1) is 6.92 Å². The highest BCUT2D eigenvalue weighted by Gasteiger charge is 2.29. The lowest BCUT2D eigenvalue weighted by atomic mass is 10.3. The van der Waals surface area contributed by atoms with E-state index in [1.54, 1.807) is 0 Å². The fourth-order valence-electron chi connectivity index (χ4n) is 2.10. The Hall–Kier alpha value is -1.73. The molecule has 3 rings (SSSR count). The molecule has 0 atom stereocenters. The summed E-state index contributed by atoms with van der Waals surface area (Å²) in [4.78, 5) is 26.7. The Balaban J connectivity index is 2.23. The molecule has 1 amide bonds. The van der Waals surface area contributed by atoms with Gasteiger partial charge < -0.3 is 10.2 Å². The van der Waals surface area contributed by atoms with Crippen LogP contribution in [0.3, 0.4) is 0 Å². The van der Waals surface area contributed by atoms with Crippen LogP contribution < -0.4 is 10.2 Å².